The second-order valence-electron chi connectivity index (χ2n) is 8.82. The lowest BCUT2D eigenvalue weighted by Gasteiger charge is -2.34. The minimum Gasteiger partial charge on any atom is -0.491 e. The molecule has 0 aliphatic carbocycles. The molecule has 2 bridgehead atoms. The molecule has 2 aliphatic heterocycles. The van der Waals surface area contributed by atoms with E-state index in [0.717, 1.165) is 43.0 Å². The van der Waals surface area contributed by atoms with E-state index in [1.807, 2.05) is 11.0 Å². The van der Waals surface area contributed by atoms with Gasteiger partial charge in [-0.3, -0.25) is 9.69 Å². The van der Waals surface area contributed by atoms with Gasteiger partial charge in [0.15, 0.2) is 0 Å². The normalized spacial score (nSPS) is 20.5. The van der Waals surface area contributed by atoms with Crippen LogP contribution in [0.5, 0.6) is 5.75 Å². The number of amides is 1. The highest BCUT2D eigenvalue weighted by Gasteiger charge is 2.45. The van der Waals surface area contributed by atoms with Gasteiger partial charge in [-0.05, 0) is 67.3 Å². The number of ether oxygens (including phenoxy) is 2. The minimum atomic E-state index is -4.40. The van der Waals surface area contributed by atoms with Crippen molar-refractivity contribution >= 4 is 5.91 Å². The molecular weight excluding hydrogens is 433 g/mol. The number of methoxy groups -OCH3 is 1. The van der Waals surface area contributed by atoms with E-state index in [1.54, 1.807) is 7.11 Å². The number of benzene rings is 2. The number of fused-ring (bicyclic) bond motifs is 2. The summed E-state index contributed by atoms with van der Waals surface area (Å²) < 4.78 is 49.2. The maximum atomic E-state index is 12.9. The Hall–Kier alpha value is -2.58. The zero-order valence-electron chi connectivity index (χ0n) is 19.1. The molecule has 33 heavy (non-hydrogen) atoms. The molecule has 2 aromatic rings. The van der Waals surface area contributed by atoms with Crippen LogP contribution < -0.4 is 4.74 Å². The number of halogens is 3. The molecule has 2 heterocycles. The summed E-state index contributed by atoms with van der Waals surface area (Å²) >= 11 is 0. The zero-order chi connectivity index (χ0) is 23.8. The van der Waals surface area contributed by atoms with Gasteiger partial charge in [-0.15, -0.1) is 0 Å². The molecule has 8 heteroatoms. The molecule has 0 aromatic heterocycles. The molecule has 5 nitrogen and oxygen atoms in total. The molecule has 1 amide bonds. The largest absolute Gasteiger partial charge is 0.491 e. The molecule has 2 aliphatic rings. The van der Waals surface area contributed by atoms with Gasteiger partial charge in [0.2, 0.25) is 0 Å². The summed E-state index contributed by atoms with van der Waals surface area (Å²) in [4.78, 5) is 17.1. The lowest BCUT2D eigenvalue weighted by Crippen LogP contribution is -2.48. The average Bonchev–Trinajstić information content (AvgIpc) is 3.38. The molecule has 2 aromatic carbocycles. The number of piperazine rings is 1. The lowest BCUT2D eigenvalue weighted by molar-refractivity contribution is -0.137. The van der Waals surface area contributed by atoms with Gasteiger partial charge in [-0.1, -0.05) is 6.07 Å². The van der Waals surface area contributed by atoms with Crippen LogP contribution in [-0.2, 0) is 17.5 Å². The number of rotatable bonds is 7. The fraction of sp³-hybridized carbons (Fsp3) is 0.480. The van der Waals surface area contributed by atoms with E-state index in [2.05, 4.69) is 24.8 Å². The Morgan fingerprint density at radius 2 is 1.73 bits per heavy atom. The summed E-state index contributed by atoms with van der Waals surface area (Å²) in [6.45, 7) is 7.37. The van der Waals surface area contributed by atoms with Crippen molar-refractivity contribution in [1.29, 1.82) is 0 Å². The fourth-order valence-electron chi connectivity index (χ4n) is 4.79. The Morgan fingerprint density at radius 1 is 1.00 bits per heavy atom. The fourth-order valence-corrected chi connectivity index (χ4v) is 4.79. The van der Waals surface area contributed by atoms with Crippen molar-refractivity contribution in [3.8, 4) is 5.75 Å². The molecular formula is C25H29F3N2O3. The van der Waals surface area contributed by atoms with Crippen LogP contribution in [0.3, 0.4) is 0 Å². The van der Waals surface area contributed by atoms with Crippen molar-refractivity contribution < 1.29 is 27.4 Å². The van der Waals surface area contributed by atoms with Crippen molar-refractivity contribution in [2.24, 2.45) is 0 Å². The second kappa shape index (κ2) is 9.35. The topological polar surface area (TPSA) is 42.0 Å². The van der Waals surface area contributed by atoms with Gasteiger partial charge in [-0.25, -0.2) is 0 Å². The average molecular weight is 463 g/mol. The maximum Gasteiger partial charge on any atom is 0.416 e. The third-order valence-corrected chi connectivity index (χ3v) is 6.84. The first-order chi connectivity index (χ1) is 15.7. The smallest absolute Gasteiger partial charge is 0.416 e. The van der Waals surface area contributed by atoms with Gasteiger partial charge < -0.3 is 14.4 Å². The molecule has 2 atom stereocenters. The monoisotopic (exact) mass is 462 g/mol. The maximum absolute atomic E-state index is 12.9. The van der Waals surface area contributed by atoms with Gasteiger partial charge in [0.05, 0.1) is 12.2 Å². The summed E-state index contributed by atoms with van der Waals surface area (Å²) in [6.07, 6.45) is -3.51. The summed E-state index contributed by atoms with van der Waals surface area (Å²) in [6, 6.07) is 8.94. The summed E-state index contributed by atoms with van der Waals surface area (Å²) in [5.41, 5.74) is 3.11. The first-order valence-corrected chi connectivity index (χ1v) is 11.1. The second-order valence-corrected chi connectivity index (χ2v) is 8.82. The quantitative estimate of drug-likeness (QED) is 0.571. The summed E-state index contributed by atoms with van der Waals surface area (Å²) in [7, 11) is 1.65. The molecule has 0 N–H and O–H groups in total. The van der Waals surface area contributed by atoms with Crippen LogP contribution >= 0.6 is 0 Å². The molecule has 4 rings (SSSR count). The van der Waals surface area contributed by atoms with E-state index < -0.39 is 11.7 Å². The summed E-state index contributed by atoms with van der Waals surface area (Å²) in [5.74, 6) is 0.671. The molecule has 0 unspecified atom stereocenters. The molecule has 0 spiro atoms. The highest BCUT2D eigenvalue weighted by atomic mass is 19.4. The minimum absolute atomic E-state index is 0.0860. The Bertz CT molecular complexity index is 1010. The van der Waals surface area contributed by atoms with Crippen molar-refractivity contribution in [1.82, 2.24) is 9.80 Å². The van der Waals surface area contributed by atoms with Gasteiger partial charge in [0, 0.05) is 44.4 Å². The summed E-state index contributed by atoms with van der Waals surface area (Å²) in [5, 5.41) is 0. The zero-order valence-corrected chi connectivity index (χ0v) is 19.1. The predicted molar refractivity (Wildman–Crippen MR) is 118 cm³/mol. The Kier molecular flexibility index (Phi) is 6.68. The molecule has 2 fully saturated rings. The highest BCUT2D eigenvalue weighted by molar-refractivity contribution is 5.94. The Morgan fingerprint density at radius 3 is 2.33 bits per heavy atom. The van der Waals surface area contributed by atoms with E-state index in [9.17, 15) is 18.0 Å². The Balaban J connectivity index is 1.38. The number of hydrogen-bond donors (Lipinski definition) is 0. The van der Waals surface area contributed by atoms with Crippen LogP contribution in [0.1, 0.15) is 39.0 Å². The number of carbonyl (C=O) groups excluding carboxylic acids is 1. The number of likely N-dealkylation sites (tertiary alicyclic amines) is 2. The van der Waals surface area contributed by atoms with E-state index in [4.69, 9.17) is 9.47 Å². The number of carbonyl (C=O) groups is 1. The van der Waals surface area contributed by atoms with E-state index in [1.165, 1.54) is 23.3 Å². The van der Waals surface area contributed by atoms with Gasteiger partial charge in [-0.2, -0.15) is 13.2 Å². The van der Waals surface area contributed by atoms with Crippen LogP contribution in [0.2, 0.25) is 0 Å². The van der Waals surface area contributed by atoms with E-state index in [0.29, 0.717) is 25.3 Å². The number of nitrogens with zero attached hydrogens (tertiary/aromatic N) is 2. The third-order valence-electron chi connectivity index (χ3n) is 6.84. The van der Waals surface area contributed by atoms with Crippen LogP contribution in [0.25, 0.3) is 0 Å². The lowest BCUT2D eigenvalue weighted by atomic mass is 10.0. The van der Waals surface area contributed by atoms with Gasteiger partial charge >= 0.3 is 6.18 Å². The predicted octanol–water partition coefficient (Wildman–Crippen LogP) is 4.45. The van der Waals surface area contributed by atoms with E-state index in [-0.39, 0.29) is 18.0 Å². The first kappa shape index (κ1) is 23.6. The van der Waals surface area contributed by atoms with Gasteiger partial charge in [0.1, 0.15) is 12.4 Å². The molecule has 0 saturated carbocycles. The van der Waals surface area contributed by atoms with Gasteiger partial charge in [0.25, 0.3) is 5.91 Å². The van der Waals surface area contributed by atoms with Crippen LogP contribution in [0, 0.1) is 13.8 Å². The molecule has 2 saturated heterocycles. The molecule has 0 radical (unpaired) electrons. The van der Waals surface area contributed by atoms with Crippen molar-refractivity contribution in [3.05, 3.63) is 64.2 Å². The SMILES string of the molecule is COCCOc1ccc(CN2C[C@H]3C[C@@H]2CN3C(=O)c2ccc(C(F)(F)F)cc2)c(C)c1C. The molecule has 178 valence electrons. The third kappa shape index (κ3) is 4.87. The van der Waals surface area contributed by atoms with Crippen LogP contribution in [0.15, 0.2) is 36.4 Å². The van der Waals surface area contributed by atoms with Crippen molar-refractivity contribution in [2.75, 3.05) is 33.4 Å². The standard InChI is InChI=1S/C25H29F3N2O3/c1-16-17(2)23(33-11-10-32-3)9-6-19(16)13-29-14-22-12-21(29)15-30(22)24(31)18-4-7-20(8-5-18)25(26,27)28/h4-9,21-22H,10-15H2,1-3H3/t21-,22-/m1/s1. The Labute approximate surface area is 192 Å². The van der Waals surface area contributed by atoms with E-state index >= 15 is 0 Å². The first-order valence-electron chi connectivity index (χ1n) is 11.1. The van der Waals surface area contributed by atoms with Crippen molar-refractivity contribution in [3.63, 3.8) is 0 Å². The number of hydrogen-bond acceptors (Lipinski definition) is 4. The number of alkyl halides is 3. The van der Waals surface area contributed by atoms with Crippen LogP contribution in [-0.4, -0.2) is 61.2 Å². The van der Waals surface area contributed by atoms with Crippen LogP contribution in [0.4, 0.5) is 13.2 Å². The van der Waals surface area contributed by atoms with Crippen molar-refractivity contribution in [2.45, 2.75) is 45.1 Å². The highest BCUT2D eigenvalue weighted by Crippen LogP contribution is 2.35.